The first-order valence-corrected chi connectivity index (χ1v) is 8.01. The van der Waals surface area contributed by atoms with Gasteiger partial charge in [-0.15, -0.1) is 0 Å². The Labute approximate surface area is 130 Å². The summed E-state index contributed by atoms with van der Waals surface area (Å²) in [6.07, 6.45) is 7.43. The smallest absolute Gasteiger partial charge is 0.305 e. The van der Waals surface area contributed by atoms with Crippen molar-refractivity contribution in [1.29, 1.82) is 0 Å². The number of hydrogen-bond acceptors (Lipinski definition) is 4. The number of nitrogens with zero attached hydrogens (tertiary/aromatic N) is 2. The van der Waals surface area contributed by atoms with Crippen LogP contribution < -0.4 is 4.90 Å². The molecule has 1 aromatic rings. The molecule has 1 amide bonds. The molecule has 0 aliphatic heterocycles. The van der Waals surface area contributed by atoms with Gasteiger partial charge in [0.25, 0.3) is 0 Å². The standard InChI is InChI=1S/C16H24N2O4/c1-12-11-14(17-22-12)18(10-9-16(20)21)15(19)8-7-13-5-3-2-4-6-13/h11,13H,2-10H2,1H3,(H,20,21). The minimum absolute atomic E-state index is 0.0693. The van der Waals surface area contributed by atoms with Crippen molar-refractivity contribution in [2.75, 3.05) is 11.4 Å². The Bertz CT molecular complexity index is 506. The molecule has 1 heterocycles. The summed E-state index contributed by atoms with van der Waals surface area (Å²) in [6, 6.07) is 1.67. The lowest BCUT2D eigenvalue weighted by Gasteiger charge is -2.23. The summed E-state index contributed by atoms with van der Waals surface area (Å²) in [4.78, 5) is 24.7. The van der Waals surface area contributed by atoms with Crippen molar-refractivity contribution in [2.45, 2.75) is 58.3 Å². The zero-order valence-electron chi connectivity index (χ0n) is 13.1. The third kappa shape index (κ3) is 4.86. The maximum atomic E-state index is 12.5. The molecule has 0 unspecified atom stereocenters. The molecule has 1 aromatic heterocycles. The van der Waals surface area contributed by atoms with Gasteiger partial charge in [0.15, 0.2) is 5.82 Å². The predicted octanol–water partition coefficient (Wildman–Crippen LogP) is 3.15. The van der Waals surface area contributed by atoms with Gasteiger partial charge in [0.1, 0.15) is 5.76 Å². The fourth-order valence-electron chi connectivity index (χ4n) is 2.99. The maximum absolute atomic E-state index is 12.5. The van der Waals surface area contributed by atoms with E-state index in [4.69, 9.17) is 9.63 Å². The van der Waals surface area contributed by atoms with Crippen LogP contribution in [-0.2, 0) is 9.59 Å². The number of aliphatic carboxylic acids is 1. The lowest BCUT2D eigenvalue weighted by atomic mass is 9.86. The van der Waals surface area contributed by atoms with E-state index in [1.54, 1.807) is 13.0 Å². The molecule has 0 atom stereocenters. The molecular formula is C16H24N2O4. The van der Waals surface area contributed by atoms with Gasteiger partial charge in [0.05, 0.1) is 6.42 Å². The van der Waals surface area contributed by atoms with Crippen molar-refractivity contribution in [3.05, 3.63) is 11.8 Å². The minimum atomic E-state index is -0.926. The molecule has 6 heteroatoms. The fraction of sp³-hybridized carbons (Fsp3) is 0.688. The third-order valence-corrected chi connectivity index (χ3v) is 4.23. The second-order valence-electron chi connectivity index (χ2n) is 6.03. The molecule has 2 rings (SSSR count). The van der Waals surface area contributed by atoms with Gasteiger partial charge in [0.2, 0.25) is 5.91 Å². The lowest BCUT2D eigenvalue weighted by molar-refractivity contribution is -0.136. The average molecular weight is 308 g/mol. The molecule has 1 fully saturated rings. The second-order valence-corrected chi connectivity index (χ2v) is 6.03. The highest BCUT2D eigenvalue weighted by molar-refractivity contribution is 5.92. The van der Waals surface area contributed by atoms with E-state index in [0.717, 1.165) is 6.42 Å². The number of aromatic nitrogens is 1. The molecule has 22 heavy (non-hydrogen) atoms. The molecule has 0 spiro atoms. The van der Waals surface area contributed by atoms with Crippen LogP contribution in [0.15, 0.2) is 10.6 Å². The Balaban J connectivity index is 1.94. The van der Waals surface area contributed by atoms with Crippen molar-refractivity contribution in [2.24, 2.45) is 5.92 Å². The summed E-state index contributed by atoms with van der Waals surface area (Å²) in [5.74, 6) is 0.645. The number of aryl methyl sites for hydroxylation is 1. The predicted molar refractivity (Wildman–Crippen MR) is 81.7 cm³/mol. The van der Waals surface area contributed by atoms with E-state index in [-0.39, 0.29) is 18.9 Å². The molecule has 0 saturated heterocycles. The number of rotatable bonds is 7. The third-order valence-electron chi connectivity index (χ3n) is 4.23. The number of anilines is 1. The summed E-state index contributed by atoms with van der Waals surface area (Å²) >= 11 is 0. The summed E-state index contributed by atoms with van der Waals surface area (Å²) in [5.41, 5.74) is 0. The van der Waals surface area contributed by atoms with Gasteiger partial charge in [-0.2, -0.15) is 0 Å². The van der Waals surface area contributed by atoms with Crippen LogP contribution in [0.25, 0.3) is 0 Å². The van der Waals surface area contributed by atoms with Crippen LogP contribution in [-0.4, -0.2) is 28.7 Å². The lowest BCUT2D eigenvalue weighted by Crippen LogP contribution is -2.33. The highest BCUT2D eigenvalue weighted by atomic mass is 16.5. The normalized spacial score (nSPS) is 15.7. The molecule has 1 saturated carbocycles. The molecule has 1 aliphatic rings. The van der Waals surface area contributed by atoms with Gasteiger partial charge in [0, 0.05) is 19.0 Å². The van der Waals surface area contributed by atoms with Gasteiger partial charge in [-0.05, 0) is 19.3 Å². The van der Waals surface area contributed by atoms with Gasteiger partial charge in [-0.3, -0.25) is 14.5 Å². The second kappa shape index (κ2) is 7.96. The first-order valence-electron chi connectivity index (χ1n) is 8.01. The molecule has 1 aliphatic carbocycles. The molecular weight excluding hydrogens is 284 g/mol. The SMILES string of the molecule is Cc1cc(N(CCC(=O)O)C(=O)CCC2CCCCC2)no1. The average Bonchev–Trinajstić information content (AvgIpc) is 2.92. The summed E-state index contributed by atoms with van der Waals surface area (Å²) < 4.78 is 5.01. The van der Waals surface area contributed by atoms with E-state index in [0.29, 0.717) is 23.9 Å². The van der Waals surface area contributed by atoms with E-state index in [9.17, 15) is 9.59 Å². The molecule has 0 bridgehead atoms. The Hall–Kier alpha value is -1.85. The van der Waals surface area contributed by atoms with Crippen LogP contribution in [0.4, 0.5) is 5.82 Å². The Morgan fingerprint density at radius 2 is 2.05 bits per heavy atom. The van der Waals surface area contributed by atoms with Gasteiger partial charge in [-0.1, -0.05) is 37.3 Å². The van der Waals surface area contributed by atoms with Crippen molar-refractivity contribution >= 4 is 17.7 Å². The van der Waals surface area contributed by atoms with Crippen LogP contribution in [0, 0.1) is 12.8 Å². The van der Waals surface area contributed by atoms with Crippen LogP contribution in [0.2, 0.25) is 0 Å². The molecule has 0 aromatic carbocycles. The Morgan fingerprint density at radius 1 is 1.32 bits per heavy atom. The zero-order chi connectivity index (χ0) is 15.9. The maximum Gasteiger partial charge on any atom is 0.305 e. The number of carboxylic acid groups (broad SMARTS) is 1. The Kier molecular flexibility index (Phi) is 5.98. The van der Waals surface area contributed by atoms with Crippen molar-refractivity contribution in [3.8, 4) is 0 Å². The van der Waals surface area contributed by atoms with Crippen LogP contribution in [0.1, 0.15) is 57.1 Å². The summed E-state index contributed by atoms with van der Waals surface area (Å²) in [6.45, 7) is 1.88. The molecule has 122 valence electrons. The number of carboxylic acids is 1. The monoisotopic (exact) mass is 308 g/mol. The summed E-state index contributed by atoms with van der Waals surface area (Å²) in [5, 5.41) is 12.7. The number of carbonyl (C=O) groups excluding carboxylic acids is 1. The van der Waals surface area contributed by atoms with E-state index in [1.807, 2.05) is 0 Å². The van der Waals surface area contributed by atoms with Crippen molar-refractivity contribution < 1.29 is 19.2 Å². The van der Waals surface area contributed by atoms with E-state index < -0.39 is 5.97 Å². The quantitative estimate of drug-likeness (QED) is 0.836. The first kappa shape index (κ1) is 16.5. The largest absolute Gasteiger partial charge is 0.481 e. The minimum Gasteiger partial charge on any atom is -0.481 e. The van der Waals surface area contributed by atoms with Gasteiger partial charge >= 0.3 is 5.97 Å². The fourth-order valence-corrected chi connectivity index (χ4v) is 2.99. The highest BCUT2D eigenvalue weighted by Gasteiger charge is 2.22. The van der Waals surface area contributed by atoms with Gasteiger partial charge in [-0.25, -0.2) is 0 Å². The number of hydrogen-bond donors (Lipinski definition) is 1. The van der Waals surface area contributed by atoms with Crippen LogP contribution in [0.3, 0.4) is 0 Å². The molecule has 6 nitrogen and oxygen atoms in total. The molecule has 0 radical (unpaired) electrons. The summed E-state index contributed by atoms with van der Waals surface area (Å²) in [7, 11) is 0. The topological polar surface area (TPSA) is 83.6 Å². The van der Waals surface area contributed by atoms with Crippen LogP contribution >= 0.6 is 0 Å². The van der Waals surface area contributed by atoms with Crippen molar-refractivity contribution in [3.63, 3.8) is 0 Å². The highest BCUT2D eigenvalue weighted by Crippen LogP contribution is 2.28. The van der Waals surface area contributed by atoms with E-state index in [2.05, 4.69) is 5.16 Å². The Morgan fingerprint density at radius 3 is 2.64 bits per heavy atom. The van der Waals surface area contributed by atoms with Crippen LogP contribution in [0.5, 0.6) is 0 Å². The zero-order valence-corrected chi connectivity index (χ0v) is 13.1. The van der Waals surface area contributed by atoms with E-state index >= 15 is 0 Å². The van der Waals surface area contributed by atoms with Gasteiger partial charge < -0.3 is 9.63 Å². The number of carbonyl (C=O) groups is 2. The van der Waals surface area contributed by atoms with E-state index in [1.165, 1.54) is 37.0 Å². The first-order chi connectivity index (χ1) is 10.6. The van der Waals surface area contributed by atoms with Crippen molar-refractivity contribution in [1.82, 2.24) is 5.16 Å². The number of amides is 1. The molecule has 1 N–H and O–H groups in total.